The van der Waals surface area contributed by atoms with Crippen LogP contribution in [0.25, 0.3) is 0 Å². The predicted octanol–water partition coefficient (Wildman–Crippen LogP) is 2.49. The van der Waals surface area contributed by atoms with Crippen LogP contribution in [-0.4, -0.2) is 47.6 Å². The van der Waals surface area contributed by atoms with Crippen LogP contribution in [0.5, 0.6) is 0 Å². The summed E-state index contributed by atoms with van der Waals surface area (Å²) in [5.41, 5.74) is 6.76. The highest BCUT2D eigenvalue weighted by Crippen LogP contribution is 2.15. The Bertz CT molecular complexity index is 624. The maximum Gasteiger partial charge on any atom is 0.254 e. The van der Waals surface area contributed by atoms with Crippen LogP contribution in [0, 0.1) is 0 Å². The summed E-state index contributed by atoms with van der Waals surface area (Å²) in [5, 5.41) is 2.87. The molecule has 6 nitrogen and oxygen atoms in total. The molecule has 1 saturated heterocycles. The van der Waals surface area contributed by atoms with Crippen molar-refractivity contribution in [1.29, 1.82) is 0 Å². The number of nitrogens with two attached hydrogens (primary N) is 1. The Balaban J connectivity index is 0.00000364. The number of morpholine rings is 1. The van der Waals surface area contributed by atoms with E-state index in [2.05, 4.69) is 5.32 Å². The largest absolute Gasteiger partial charge is 0.372 e. The van der Waals surface area contributed by atoms with Crippen LogP contribution in [0.1, 0.15) is 56.5 Å². The quantitative estimate of drug-likeness (QED) is 0.772. The molecule has 7 heteroatoms. The number of halogens is 1. The maximum absolute atomic E-state index is 12.7. The molecule has 152 valence electrons. The normalized spacial score (nSPS) is 21.7. The van der Waals surface area contributed by atoms with Gasteiger partial charge in [-0.2, -0.15) is 0 Å². The molecule has 0 bridgehead atoms. The van der Waals surface area contributed by atoms with Crippen LogP contribution in [0.3, 0.4) is 0 Å². The molecule has 1 heterocycles. The lowest BCUT2D eigenvalue weighted by Crippen LogP contribution is -2.51. The summed E-state index contributed by atoms with van der Waals surface area (Å²) in [6.45, 7) is 9.31. The number of amides is 2. The van der Waals surface area contributed by atoms with E-state index in [-0.39, 0.29) is 36.4 Å². The molecule has 3 N–H and O–H groups in total. The average molecular weight is 398 g/mol. The van der Waals surface area contributed by atoms with Crippen LogP contribution in [0.15, 0.2) is 24.3 Å². The van der Waals surface area contributed by atoms with Gasteiger partial charge in [0, 0.05) is 25.2 Å². The Morgan fingerprint density at radius 1 is 1.22 bits per heavy atom. The Hall–Kier alpha value is -1.63. The zero-order valence-corrected chi connectivity index (χ0v) is 17.5. The molecule has 0 spiro atoms. The molecular formula is C20H32ClN3O3. The number of carbonyl (C=O) groups is 2. The Morgan fingerprint density at radius 3 is 2.30 bits per heavy atom. The smallest absolute Gasteiger partial charge is 0.254 e. The summed E-state index contributed by atoms with van der Waals surface area (Å²) in [7, 11) is 0. The first kappa shape index (κ1) is 23.4. The minimum Gasteiger partial charge on any atom is -0.372 e. The van der Waals surface area contributed by atoms with Crippen molar-refractivity contribution in [1.82, 2.24) is 10.2 Å². The molecule has 1 fully saturated rings. The summed E-state index contributed by atoms with van der Waals surface area (Å²) in [6.07, 6.45) is 1.59. The number of ether oxygens (including phenoxy) is 1. The average Bonchev–Trinajstić information content (AvgIpc) is 2.58. The lowest BCUT2D eigenvalue weighted by molar-refractivity contribution is -0.126. The molecule has 0 saturated carbocycles. The second-order valence-electron chi connectivity index (χ2n) is 7.51. The van der Waals surface area contributed by atoms with Crippen LogP contribution in [0.4, 0.5) is 0 Å². The van der Waals surface area contributed by atoms with Crippen LogP contribution < -0.4 is 11.1 Å². The number of hydrogen-bond donors (Lipinski definition) is 2. The molecule has 1 aliphatic rings. The lowest BCUT2D eigenvalue weighted by Gasteiger charge is -2.35. The maximum atomic E-state index is 12.7. The van der Waals surface area contributed by atoms with E-state index in [1.165, 1.54) is 0 Å². The first-order chi connectivity index (χ1) is 12.2. The van der Waals surface area contributed by atoms with Crippen molar-refractivity contribution in [3.05, 3.63) is 35.4 Å². The van der Waals surface area contributed by atoms with Gasteiger partial charge in [0.2, 0.25) is 5.91 Å². The summed E-state index contributed by atoms with van der Waals surface area (Å²) < 4.78 is 5.68. The molecule has 0 aromatic heterocycles. The molecule has 1 aromatic rings. The van der Waals surface area contributed by atoms with Crippen LogP contribution in [0.2, 0.25) is 0 Å². The number of nitrogens with zero attached hydrogens (tertiary/aromatic N) is 1. The highest BCUT2D eigenvalue weighted by atomic mass is 35.5. The van der Waals surface area contributed by atoms with Crippen molar-refractivity contribution in [2.75, 3.05) is 13.1 Å². The van der Waals surface area contributed by atoms with E-state index < -0.39 is 5.54 Å². The third-order valence-electron chi connectivity index (χ3n) is 4.65. The van der Waals surface area contributed by atoms with Crippen molar-refractivity contribution in [3.63, 3.8) is 0 Å². The van der Waals surface area contributed by atoms with Crippen LogP contribution in [-0.2, 0) is 16.1 Å². The number of nitrogens with one attached hydrogen (secondary N) is 1. The number of rotatable bonds is 6. The van der Waals surface area contributed by atoms with Crippen molar-refractivity contribution < 1.29 is 14.3 Å². The van der Waals surface area contributed by atoms with Crippen molar-refractivity contribution >= 4 is 24.2 Å². The standard InChI is InChI=1S/C20H31N3O3.ClH/c1-5-10-20(4,21)19(25)22-11-16-6-8-17(9-7-16)18(24)23-12-14(2)26-15(3)13-23;/h6-9,14-15H,5,10-13,21H2,1-4H3,(H,22,25);1H. The molecule has 0 radical (unpaired) electrons. The molecular weight excluding hydrogens is 366 g/mol. The van der Waals surface area contributed by atoms with E-state index >= 15 is 0 Å². The fraction of sp³-hybridized carbons (Fsp3) is 0.600. The second-order valence-corrected chi connectivity index (χ2v) is 7.51. The monoisotopic (exact) mass is 397 g/mol. The molecule has 1 aliphatic heterocycles. The highest BCUT2D eigenvalue weighted by molar-refractivity contribution is 5.94. The number of carbonyl (C=O) groups excluding carboxylic acids is 2. The zero-order chi connectivity index (χ0) is 19.3. The zero-order valence-electron chi connectivity index (χ0n) is 16.7. The molecule has 27 heavy (non-hydrogen) atoms. The Morgan fingerprint density at radius 2 is 1.78 bits per heavy atom. The van der Waals surface area contributed by atoms with Gasteiger partial charge in [-0.15, -0.1) is 12.4 Å². The van der Waals surface area contributed by atoms with Gasteiger partial charge in [-0.1, -0.05) is 25.5 Å². The third kappa shape index (κ3) is 6.48. The van der Waals surface area contributed by atoms with Gasteiger partial charge in [-0.3, -0.25) is 9.59 Å². The first-order valence-electron chi connectivity index (χ1n) is 9.33. The van der Waals surface area contributed by atoms with E-state index in [4.69, 9.17) is 10.5 Å². The van der Waals surface area contributed by atoms with E-state index in [9.17, 15) is 9.59 Å². The molecule has 1 aromatic carbocycles. The molecule has 3 unspecified atom stereocenters. The summed E-state index contributed by atoms with van der Waals surface area (Å²) >= 11 is 0. The van der Waals surface area contributed by atoms with Gasteiger partial charge in [-0.05, 0) is 44.9 Å². The molecule has 3 atom stereocenters. The van der Waals surface area contributed by atoms with Crippen molar-refractivity contribution in [2.24, 2.45) is 5.73 Å². The Kier molecular flexibility index (Phi) is 8.72. The van der Waals surface area contributed by atoms with Gasteiger partial charge < -0.3 is 20.7 Å². The van der Waals surface area contributed by atoms with E-state index in [0.29, 0.717) is 31.6 Å². The summed E-state index contributed by atoms with van der Waals surface area (Å²) in [6, 6.07) is 7.35. The van der Waals surface area contributed by atoms with E-state index in [0.717, 1.165) is 12.0 Å². The first-order valence-corrected chi connectivity index (χ1v) is 9.33. The highest BCUT2D eigenvalue weighted by Gasteiger charge is 2.27. The van der Waals surface area contributed by atoms with Crippen molar-refractivity contribution in [3.8, 4) is 0 Å². The SMILES string of the molecule is CCCC(C)(N)C(=O)NCc1ccc(C(=O)N2CC(C)OC(C)C2)cc1.Cl. The lowest BCUT2D eigenvalue weighted by atomic mass is 9.96. The third-order valence-corrected chi connectivity index (χ3v) is 4.65. The Labute approximate surface area is 168 Å². The van der Waals surface area contributed by atoms with Crippen LogP contribution >= 0.6 is 12.4 Å². The van der Waals surface area contributed by atoms with Gasteiger partial charge in [0.05, 0.1) is 17.7 Å². The van der Waals surface area contributed by atoms with Gasteiger partial charge in [0.1, 0.15) is 0 Å². The summed E-state index contributed by atoms with van der Waals surface area (Å²) in [4.78, 5) is 26.7. The summed E-state index contributed by atoms with van der Waals surface area (Å²) in [5.74, 6) is -0.143. The van der Waals surface area contributed by atoms with Gasteiger partial charge in [-0.25, -0.2) is 0 Å². The topological polar surface area (TPSA) is 84.7 Å². The minimum absolute atomic E-state index is 0. The fourth-order valence-corrected chi connectivity index (χ4v) is 3.31. The van der Waals surface area contributed by atoms with E-state index in [1.54, 1.807) is 6.92 Å². The molecule has 0 aliphatic carbocycles. The fourth-order valence-electron chi connectivity index (χ4n) is 3.31. The van der Waals surface area contributed by atoms with Gasteiger partial charge in [0.15, 0.2) is 0 Å². The number of hydrogen-bond acceptors (Lipinski definition) is 4. The van der Waals surface area contributed by atoms with Crippen molar-refractivity contribution in [2.45, 2.75) is 64.8 Å². The second kappa shape index (κ2) is 10.1. The number of benzene rings is 1. The molecule has 2 rings (SSSR count). The predicted molar refractivity (Wildman–Crippen MR) is 109 cm³/mol. The van der Waals surface area contributed by atoms with Gasteiger partial charge in [0.25, 0.3) is 5.91 Å². The molecule has 2 amide bonds. The minimum atomic E-state index is -0.853. The van der Waals surface area contributed by atoms with E-state index in [1.807, 2.05) is 49.9 Å². The van der Waals surface area contributed by atoms with Gasteiger partial charge >= 0.3 is 0 Å².